The van der Waals surface area contributed by atoms with Gasteiger partial charge in [0.2, 0.25) is 0 Å². The van der Waals surface area contributed by atoms with E-state index in [-0.39, 0.29) is 5.69 Å². The predicted molar refractivity (Wildman–Crippen MR) is 56.3 cm³/mol. The fourth-order valence-corrected chi connectivity index (χ4v) is 1.28. The van der Waals surface area contributed by atoms with E-state index in [1.165, 1.54) is 6.07 Å². The van der Waals surface area contributed by atoms with Gasteiger partial charge < -0.3 is 14.4 Å². The van der Waals surface area contributed by atoms with Crippen LogP contribution in [0.15, 0.2) is 10.6 Å². The molecule has 0 aliphatic carbocycles. The van der Waals surface area contributed by atoms with E-state index in [0.717, 1.165) is 13.1 Å². The average Bonchev–Trinajstić information content (AvgIpc) is 2.72. The molecule has 6 nitrogen and oxygen atoms in total. The van der Waals surface area contributed by atoms with Crippen molar-refractivity contribution >= 4 is 5.97 Å². The first-order valence-electron chi connectivity index (χ1n) is 5.07. The van der Waals surface area contributed by atoms with Crippen LogP contribution in [0, 0.1) is 0 Å². The van der Waals surface area contributed by atoms with Gasteiger partial charge in [0.05, 0.1) is 13.2 Å². The zero-order valence-corrected chi connectivity index (χ0v) is 9.47. The number of methoxy groups -OCH3 is 1. The largest absolute Gasteiger partial charge is 0.476 e. The van der Waals surface area contributed by atoms with E-state index in [9.17, 15) is 4.79 Å². The van der Waals surface area contributed by atoms with E-state index >= 15 is 0 Å². The van der Waals surface area contributed by atoms with Crippen molar-refractivity contribution in [2.75, 3.05) is 26.8 Å². The smallest absolute Gasteiger partial charge is 0.358 e. The Morgan fingerprint density at radius 2 is 2.44 bits per heavy atom. The SMILES string of the molecule is CCN(CCOC)Cc1cc(C(=O)O)no1. The highest BCUT2D eigenvalue weighted by atomic mass is 16.5. The van der Waals surface area contributed by atoms with Crippen LogP contribution in [0.4, 0.5) is 0 Å². The molecular weight excluding hydrogens is 212 g/mol. The summed E-state index contributed by atoms with van der Waals surface area (Å²) < 4.78 is 9.90. The molecule has 16 heavy (non-hydrogen) atoms. The molecule has 0 saturated heterocycles. The number of carboxylic acid groups (broad SMARTS) is 1. The Morgan fingerprint density at radius 3 is 2.94 bits per heavy atom. The molecule has 0 unspecified atom stereocenters. The second kappa shape index (κ2) is 6.24. The van der Waals surface area contributed by atoms with Crippen LogP contribution in [0.1, 0.15) is 23.2 Å². The quantitative estimate of drug-likeness (QED) is 0.745. The van der Waals surface area contributed by atoms with Gasteiger partial charge in [0.1, 0.15) is 0 Å². The van der Waals surface area contributed by atoms with Crippen LogP contribution in [0.5, 0.6) is 0 Å². The maximum Gasteiger partial charge on any atom is 0.358 e. The van der Waals surface area contributed by atoms with Gasteiger partial charge in [-0.2, -0.15) is 0 Å². The van der Waals surface area contributed by atoms with Crippen molar-refractivity contribution in [1.29, 1.82) is 0 Å². The van der Waals surface area contributed by atoms with Gasteiger partial charge in [0, 0.05) is 19.7 Å². The molecule has 0 aliphatic rings. The standard InChI is InChI=1S/C10H16N2O4/c1-3-12(4-5-15-2)7-8-6-9(10(13)14)11-16-8/h6H,3-5,7H2,1-2H3,(H,13,14). The third-order valence-corrected chi connectivity index (χ3v) is 2.22. The Bertz CT molecular complexity index is 337. The van der Waals surface area contributed by atoms with Crippen LogP contribution >= 0.6 is 0 Å². The highest BCUT2D eigenvalue weighted by molar-refractivity contribution is 5.85. The van der Waals surface area contributed by atoms with Crippen LogP contribution < -0.4 is 0 Å². The van der Waals surface area contributed by atoms with Crippen molar-refractivity contribution < 1.29 is 19.2 Å². The molecule has 6 heteroatoms. The molecule has 0 amide bonds. The minimum Gasteiger partial charge on any atom is -0.476 e. The molecule has 1 aromatic rings. The van der Waals surface area contributed by atoms with Gasteiger partial charge in [-0.3, -0.25) is 4.90 Å². The molecule has 90 valence electrons. The zero-order chi connectivity index (χ0) is 12.0. The van der Waals surface area contributed by atoms with E-state index in [2.05, 4.69) is 10.1 Å². The molecule has 1 rings (SSSR count). The number of hydrogen-bond acceptors (Lipinski definition) is 5. The molecule has 0 aromatic carbocycles. The van der Waals surface area contributed by atoms with E-state index in [1.54, 1.807) is 7.11 Å². The van der Waals surface area contributed by atoms with Crippen LogP contribution in [0.25, 0.3) is 0 Å². The van der Waals surface area contributed by atoms with Crippen molar-refractivity contribution in [3.63, 3.8) is 0 Å². The fraction of sp³-hybridized carbons (Fsp3) is 0.600. The molecule has 0 atom stereocenters. The summed E-state index contributed by atoms with van der Waals surface area (Å²) in [7, 11) is 1.64. The molecule has 1 N–H and O–H groups in total. The molecule has 1 aromatic heterocycles. The molecule has 0 aliphatic heterocycles. The molecule has 0 radical (unpaired) electrons. The first kappa shape index (κ1) is 12.7. The first-order chi connectivity index (χ1) is 7.67. The molecule has 0 spiro atoms. The summed E-state index contributed by atoms with van der Waals surface area (Å²) in [5.41, 5.74) is -0.0576. The van der Waals surface area contributed by atoms with Crippen LogP contribution in [-0.4, -0.2) is 47.9 Å². The number of rotatable bonds is 7. The zero-order valence-electron chi connectivity index (χ0n) is 9.47. The number of ether oxygens (including phenoxy) is 1. The second-order valence-corrected chi connectivity index (χ2v) is 3.35. The molecule has 0 saturated carbocycles. The molecule has 0 bridgehead atoms. The number of hydrogen-bond donors (Lipinski definition) is 1. The van der Waals surface area contributed by atoms with Crippen molar-refractivity contribution in [2.45, 2.75) is 13.5 Å². The Morgan fingerprint density at radius 1 is 1.69 bits per heavy atom. The number of nitrogens with zero attached hydrogens (tertiary/aromatic N) is 2. The summed E-state index contributed by atoms with van der Waals surface area (Å²) in [5, 5.41) is 12.1. The monoisotopic (exact) mass is 228 g/mol. The summed E-state index contributed by atoms with van der Waals surface area (Å²) in [4.78, 5) is 12.7. The van der Waals surface area contributed by atoms with Gasteiger partial charge in [0.15, 0.2) is 11.5 Å². The van der Waals surface area contributed by atoms with Gasteiger partial charge in [-0.05, 0) is 6.54 Å². The number of likely N-dealkylation sites (N-methyl/N-ethyl adjacent to an activating group) is 1. The summed E-state index contributed by atoms with van der Waals surface area (Å²) in [5.74, 6) is -0.523. The summed E-state index contributed by atoms with van der Waals surface area (Å²) in [6.07, 6.45) is 0. The number of carboxylic acids is 1. The van der Waals surface area contributed by atoms with E-state index in [4.69, 9.17) is 14.4 Å². The fourth-order valence-electron chi connectivity index (χ4n) is 1.28. The van der Waals surface area contributed by atoms with Crippen LogP contribution in [0.2, 0.25) is 0 Å². The number of aromatic carboxylic acids is 1. The van der Waals surface area contributed by atoms with Crippen LogP contribution in [-0.2, 0) is 11.3 Å². The summed E-state index contributed by atoms with van der Waals surface area (Å²) >= 11 is 0. The van der Waals surface area contributed by atoms with E-state index < -0.39 is 5.97 Å². The van der Waals surface area contributed by atoms with Crippen LogP contribution in [0.3, 0.4) is 0 Å². The molecule has 0 fully saturated rings. The lowest BCUT2D eigenvalue weighted by atomic mass is 10.3. The van der Waals surface area contributed by atoms with Gasteiger partial charge in [-0.1, -0.05) is 12.1 Å². The summed E-state index contributed by atoms with van der Waals surface area (Å²) in [6.45, 7) is 4.81. The molecule has 1 heterocycles. The minimum absolute atomic E-state index is 0.0576. The first-order valence-corrected chi connectivity index (χ1v) is 5.07. The lowest BCUT2D eigenvalue weighted by Crippen LogP contribution is -2.26. The minimum atomic E-state index is -1.07. The van der Waals surface area contributed by atoms with Crippen molar-refractivity contribution in [1.82, 2.24) is 10.1 Å². The van der Waals surface area contributed by atoms with Crippen molar-refractivity contribution in [3.8, 4) is 0 Å². The van der Waals surface area contributed by atoms with E-state index in [1.807, 2.05) is 6.92 Å². The third-order valence-electron chi connectivity index (χ3n) is 2.22. The third kappa shape index (κ3) is 3.63. The lowest BCUT2D eigenvalue weighted by Gasteiger charge is -2.17. The number of aromatic nitrogens is 1. The Kier molecular flexibility index (Phi) is 4.94. The van der Waals surface area contributed by atoms with Gasteiger partial charge in [0.25, 0.3) is 0 Å². The molecular formula is C10H16N2O4. The lowest BCUT2D eigenvalue weighted by molar-refractivity contribution is 0.0685. The Hall–Kier alpha value is -1.40. The Balaban J connectivity index is 2.52. The van der Waals surface area contributed by atoms with Crippen molar-refractivity contribution in [3.05, 3.63) is 17.5 Å². The van der Waals surface area contributed by atoms with Gasteiger partial charge in [-0.25, -0.2) is 4.79 Å². The van der Waals surface area contributed by atoms with Crippen molar-refractivity contribution in [2.24, 2.45) is 0 Å². The second-order valence-electron chi connectivity index (χ2n) is 3.35. The highest BCUT2D eigenvalue weighted by Crippen LogP contribution is 2.07. The Labute approximate surface area is 93.8 Å². The van der Waals surface area contributed by atoms with E-state index in [0.29, 0.717) is 18.9 Å². The number of carbonyl (C=O) groups is 1. The normalized spacial score (nSPS) is 10.9. The average molecular weight is 228 g/mol. The summed E-state index contributed by atoms with van der Waals surface area (Å²) in [6, 6.07) is 1.44. The predicted octanol–water partition coefficient (Wildman–Crippen LogP) is 0.841. The van der Waals surface area contributed by atoms with Gasteiger partial charge in [-0.15, -0.1) is 0 Å². The maximum atomic E-state index is 10.6. The maximum absolute atomic E-state index is 10.6. The topological polar surface area (TPSA) is 75.8 Å². The highest BCUT2D eigenvalue weighted by Gasteiger charge is 2.12. The van der Waals surface area contributed by atoms with Gasteiger partial charge >= 0.3 is 5.97 Å².